The number of nitrogens with two attached hydrogens (primary N) is 1. The fourth-order valence-electron chi connectivity index (χ4n) is 4.96. The average molecular weight is 525 g/mol. The number of nitrogen functional groups attached to an aromatic ring is 1. The van der Waals surface area contributed by atoms with E-state index in [1.54, 1.807) is 13.2 Å². The SMILES string of the molecule is COc1cc(N)c(Cl)cc1C(=O)N[C@@H]1CCN(CC2CCN(CC(=O)OC(C)(C)C)CC2)C[C@@H]1OC. The van der Waals surface area contributed by atoms with Gasteiger partial charge in [-0.15, -0.1) is 0 Å². The first kappa shape index (κ1) is 28.5. The van der Waals surface area contributed by atoms with Crippen LogP contribution in [0.3, 0.4) is 0 Å². The van der Waals surface area contributed by atoms with Gasteiger partial charge in [0.05, 0.1) is 42.1 Å². The smallest absolute Gasteiger partial charge is 0.320 e. The molecule has 2 aliphatic rings. The Kier molecular flexibility index (Phi) is 9.86. The van der Waals surface area contributed by atoms with Crippen molar-refractivity contribution in [1.82, 2.24) is 15.1 Å². The summed E-state index contributed by atoms with van der Waals surface area (Å²) in [6.07, 6.45) is 2.77. The Morgan fingerprint density at radius 1 is 1.11 bits per heavy atom. The van der Waals surface area contributed by atoms with Crippen LogP contribution in [0, 0.1) is 5.92 Å². The second kappa shape index (κ2) is 12.4. The molecule has 0 unspecified atom stereocenters. The lowest BCUT2D eigenvalue weighted by Gasteiger charge is -2.41. The van der Waals surface area contributed by atoms with E-state index in [0.29, 0.717) is 34.5 Å². The molecule has 0 aliphatic carbocycles. The summed E-state index contributed by atoms with van der Waals surface area (Å²) in [6.45, 7) is 10.4. The van der Waals surface area contributed by atoms with E-state index in [-0.39, 0.29) is 24.0 Å². The first-order valence-electron chi connectivity index (χ1n) is 12.6. The van der Waals surface area contributed by atoms with Gasteiger partial charge in [-0.25, -0.2) is 0 Å². The third-order valence-corrected chi connectivity index (χ3v) is 7.15. The molecule has 2 fully saturated rings. The molecule has 3 rings (SSSR count). The monoisotopic (exact) mass is 524 g/mol. The molecule has 2 atom stereocenters. The molecule has 36 heavy (non-hydrogen) atoms. The first-order valence-corrected chi connectivity index (χ1v) is 13.0. The fourth-order valence-corrected chi connectivity index (χ4v) is 5.12. The number of ether oxygens (including phenoxy) is 3. The van der Waals surface area contributed by atoms with Gasteiger partial charge in [-0.3, -0.25) is 14.5 Å². The van der Waals surface area contributed by atoms with Crippen molar-refractivity contribution in [2.24, 2.45) is 5.92 Å². The van der Waals surface area contributed by atoms with Crippen LogP contribution in [0.15, 0.2) is 12.1 Å². The number of hydrogen-bond donors (Lipinski definition) is 2. The third kappa shape index (κ3) is 7.96. The summed E-state index contributed by atoms with van der Waals surface area (Å²) in [5.41, 5.74) is 6.11. The summed E-state index contributed by atoms with van der Waals surface area (Å²) in [5, 5.41) is 3.42. The number of esters is 1. The van der Waals surface area contributed by atoms with Crippen molar-refractivity contribution in [3.8, 4) is 5.75 Å². The molecule has 0 bridgehead atoms. The van der Waals surface area contributed by atoms with Gasteiger partial charge in [0.1, 0.15) is 11.4 Å². The Labute approximate surface area is 219 Å². The molecule has 1 aromatic carbocycles. The van der Waals surface area contributed by atoms with E-state index in [1.807, 2.05) is 20.8 Å². The summed E-state index contributed by atoms with van der Waals surface area (Å²) in [5.74, 6) is 0.544. The van der Waals surface area contributed by atoms with E-state index < -0.39 is 5.60 Å². The molecule has 3 N–H and O–H groups in total. The number of likely N-dealkylation sites (tertiary alicyclic amines) is 2. The maximum Gasteiger partial charge on any atom is 0.320 e. The normalized spacial score (nSPS) is 22.3. The van der Waals surface area contributed by atoms with Gasteiger partial charge in [-0.1, -0.05) is 11.6 Å². The topological polar surface area (TPSA) is 106 Å². The second-order valence-electron chi connectivity index (χ2n) is 10.8. The van der Waals surface area contributed by atoms with Crippen LogP contribution in [-0.2, 0) is 14.3 Å². The third-order valence-electron chi connectivity index (χ3n) is 6.82. The predicted molar refractivity (Wildman–Crippen MR) is 141 cm³/mol. The van der Waals surface area contributed by atoms with Crippen molar-refractivity contribution in [3.05, 3.63) is 22.7 Å². The molecular formula is C26H41ClN4O5. The van der Waals surface area contributed by atoms with Crippen LogP contribution in [0.1, 0.15) is 50.4 Å². The number of nitrogens with zero attached hydrogens (tertiary/aromatic N) is 2. The highest BCUT2D eigenvalue weighted by atomic mass is 35.5. The summed E-state index contributed by atoms with van der Waals surface area (Å²) in [7, 11) is 3.18. The summed E-state index contributed by atoms with van der Waals surface area (Å²) < 4.78 is 16.5. The van der Waals surface area contributed by atoms with Crippen molar-refractivity contribution in [1.29, 1.82) is 0 Å². The Hall–Kier alpha value is -2.07. The van der Waals surface area contributed by atoms with Gasteiger partial charge < -0.3 is 30.2 Å². The summed E-state index contributed by atoms with van der Waals surface area (Å²) >= 11 is 6.14. The second-order valence-corrected chi connectivity index (χ2v) is 11.2. The Balaban J connectivity index is 1.47. The largest absolute Gasteiger partial charge is 0.496 e. The zero-order valence-electron chi connectivity index (χ0n) is 22.1. The van der Waals surface area contributed by atoms with E-state index in [9.17, 15) is 9.59 Å². The molecule has 1 amide bonds. The van der Waals surface area contributed by atoms with Gasteiger partial charge in [0.15, 0.2) is 0 Å². The van der Waals surface area contributed by atoms with Crippen LogP contribution in [0.2, 0.25) is 5.02 Å². The molecular weight excluding hydrogens is 484 g/mol. The molecule has 9 nitrogen and oxygen atoms in total. The number of nitrogens with one attached hydrogen (secondary N) is 1. The summed E-state index contributed by atoms with van der Waals surface area (Å²) in [6, 6.07) is 2.99. The van der Waals surface area contributed by atoms with Crippen LogP contribution < -0.4 is 15.8 Å². The number of hydrogen-bond acceptors (Lipinski definition) is 8. The van der Waals surface area contributed by atoms with Crippen LogP contribution >= 0.6 is 11.6 Å². The lowest BCUT2D eigenvalue weighted by Crippen LogP contribution is -2.55. The fraction of sp³-hybridized carbons (Fsp3) is 0.692. The minimum atomic E-state index is -0.451. The van der Waals surface area contributed by atoms with Gasteiger partial charge in [-0.2, -0.15) is 0 Å². The Bertz CT molecular complexity index is 914. The highest BCUT2D eigenvalue weighted by Gasteiger charge is 2.33. The molecule has 0 aromatic heterocycles. The molecule has 10 heteroatoms. The highest BCUT2D eigenvalue weighted by Crippen LogP contribution is 2.29. The van der Waals surface area contributed by atoms with E-state index in [4.69, 9.17) is 31.5 Å². The van der Waals surface area contributed by atoms with Crippen LogP contribution in [0.4, 0.5) is 5.69 Å². The average Bonchev–Trinajstić information content (AvgIpc) is 2.81. The number of anilines is 1. The first-order chi connectivity index (χ1) is 17.0. The van der Waals surface area contributed by atoms with Crippen LogP contribution in [0.25, 0.3) is 0 Å². The molecule has 0 radical (unpaired) electrons. The van der Waals surface area contributed by atoms with Gasteiger partial charge >= 0.3 is 5.97 Å². The van der Waals surface area contributed by atoms with E-state index in [0.717, 1.165) is 52.0 Å². The van der Waals surface area contributed by atoms with Crippen molar-refractivity contribution in [2.45, 2.75) is 57.8 Å². The molecule has 2 aliphatic heterocycles. The van der Waals surface area contributed by atoms with Crippen LogP contribution in [0.5, 0.6) is 5.75 Å². The molecule has 0 saturated carbocycles. The molecule has 202 valence electrons. The number of halogens is 1. The van der Waals surface area contributed by atoms with Crippen molar-refractivity contribution >= 4 is 29.2 Å². The maximum atomic E-state index is 13.0. The van der Waals surface area contributed by atoms with E-state index in [1.165, 1.54) is 13.2 Å². The number of carbonyl (C=O) groups excluding carboxylic acids is 2. The summed E-state index contributed by atoms with van der Waals surface area (Å²) in [4.78, 5) is 29.7. The Morgan fingerprint density at radius 3 is 2.39 bits per heavy atom. The standard InChI is InChI=1S/C26H41ClN4O5/c1-26(2,3)36-24(32)16-30-9-6-17(7-10-30)14-31-11-8-21(23(15-31)35-5)29-25(33)18-12-19(27)20(28)13-22(18)34-4/h12-13,17,21,23H,6-11,14-16,28H2,1-5H3,(H,29,33)/t21-,23+/m1/s1. The lowest BCUT2D eigenvalue weighted by atomic mass is 9.94. The minimum Gasteiger partial charge on any atom is -0.496 e. The number of benzene rings is 1. The molecule has 0 spiro atoms. The minimum absolute atomic E-state index is 0.115. The number of rotatable bonds is 8. The lowest BCUT2D eigenvalue weighted by molar-refractivity contribution is -0.156. The van der Waals surface area contributed by atoms with Crippen molar-refractivity contribution in [3.63, 3.8) is 0 Å². The van der Waals surface area contributed by atoms with E-state index in [2.05, 4.69) is 15.1 Å². The molecule has 1 aromatic rings. The zero-order valence-corrected chi connectivity index (χ0v) is 22.9. The quantitative estimate of drug-likeness (QED) is 0.395. The van der Waals surface area contributed by atoms with Gasteiger partial charge in [0.25, 0.3) is 5.91 Å². The number of piperidine rings is 2. The number of carbonyl (C=O) groups is 2. The number of amides is 1. The zero-order chi connectivity index (χ0) is 26.5. The van der Waals surface area contributed by atoms with Gasteiger partial charge in [0, 0.05) is 32.8 Å². The Morgan fingerprint density at radius 2 is 1.78 bits per heavy atom. The highest BCUT2D eigenvalue weighted by molar-refractivity contribution is 6.33. The van der Waals surface area contributed by atoms with E-state index >= 15 is 0 Å². The van der Waals surface area contributed by atoms with Crippen LogP contribution in [-0.4, -0.2) is 92.9 Å². The van der Waals surface area contributed by atoms with Crippen molar-refractivity contribution in [2.75, 3.05) is 59.2 Å². The van der Waals surface area contributed by atoms with Gasteiger partial charge in [-0.05, 0) is 65.1 Å². The number of methoxy groups -OCH3 is 2. The maximum absolute atomic E-state index is 13.0. The van der Waals surface area contributed by atoms with Crippen molar-refractivity contribution < 1.29 is 23.8 Å². The molecule has 2 saturated heterocycles. The predicted octanol–water partition coefficient (Wildman–Crippen LogP) is 2.80. The van der Waals surface area contributed by atoms with Gasteiger partial charge in [0.2, 0.25) is 0 Å². The molecule has 2 heterocycles.